The maximum atomic E-state index is 11.1. The zero-order valence-corrected chi connectivity index (χ0v) is 11.2. The number of carboxylic acid groups (broad SMARTS) is 1. The molecule has 0 aromatic heterocycles. The Kier molecular flexibility index (Phi) is 6.44. The molecule has 0 aliphatic rings. The van der Waals surface area contributed by atoms with Crippen molar-refractivity contribution in [3.63, 3.8) is 0 Å². The van der Waals surface area contributed by atoms with Gasteiger partial charge in [-0.25, -0.2) is 0 Å². The number of carbonyl (C=O) groups is 1. The summed E-state index contributed by atoms with van der Waals surface area (Å²) in [4.78, 5) is 11.1. The number of aryl methyl sites for hydroxylation is 1. The highest BCUT2D eigenvalue weighted by molar-refractivity contribution is 5.73. The molecular weight excluding hydrogens is 226 g/mol. The van der Waals surface area contributed by atoms with Gasteiger partial charge < -0.3 is 10.4 Å². The average molecular weight is 249 g/mol. The molecule has 0 aliphatic heterocycles. The number of rotatable bonds is 8. The summed E-state index contributed by atoms with van der Waals surface area (Å²) >= 11 is 0. The summed E-state index contributed by atoms with van der Waals surface area (Å²) in [5, 5.41) is 12.2. The highest BCUT2D eigenvalue weighted by Crippen LogP contribution is 2.07. The standard InChI is InChI=1S/C15H23NO2/c1-12(2)11-16-14(15(17)18)10-6-9-13-7-4-3-5-8-13/h3-5,7-8,12,14,16H,6,9-11H2,1-2H3,(H,17,18). The Labute approximate surface area is 109 Å². The first kappa shape index (κ1) is 14.7. The predicted octanol–water partition coefficient (Wildman–Crippen LogP) is 2.71. The van der Waals surface area contributed by atoms with Gasteiger partial charge in [-0.3, -0.25) is 4.79 Å². The molecule has 0 amide bonds. The molecule has 1 aromatic carbocycles. The third-order valence-corrected chi connectivity index (χ3v) is 2.87. The van der Waals surface area contributed by atoms with E-state index in [0.29, 0.717) is 12.3 Å². The van der Waals surface area contributed by atoms with Crippen LogP contribution in [0.5, 0.6) is 0 Å². The fourth-order valence-corrected chi connectivity index (χ4v) is 1.85. The fraction of sp³-hybridized carbons (Fsp3) is 0.533. The lowest BCUT2D eigenvalue weighted by atomic mass is 10.0. The molecular formula is C15H23NO2. The highest BCUT2D eigenvalue weighted by Gasteiger charge is 2.16. The maximum Gasteiger partial charge on any atom is 0.320 e. The van der Waals surface area contributed by atoms with Crippen LogP contribution in [0.2, 0.25) is 0 Å². The quantitative estimate of drug-likeness (QED) is 0.744. The molecule has 0 radical (unpaired) electrons. The molecule has 1 rings (SSSR count). The molecule has 3 heteroatoms. The molecule has 0 aliphatic carbocycles. The Morgan fingerprint density at radius 3 is 2.50 bits per heavy atom. The molecule has 2 N–H and O–H groups in total. The first-order valence-electron chi connectivity index (χ1n) is 6.59. The van der Waals surface area contributed by atoms with Crippen molar-refractivity contribution >= 4 is 5.97 Å². The molecule has 100 valence electrons. The molecule has 3 nitrogen and oxygen atoms in total. The van der Waals surface area contributed by atoms with E-state index in [9.17, 15) is 4.79 Å². The predicted molar refractivity (Wildman–Crippen MR) is 73.6 cm³/mol. The summed E-state index contributed by atoms with van der Waals surface area (Å²) in [6, 6.07) is 9.76. The van der Waals surface area contributed by atoms with Gasteiger partial charge >= 0.3 is 5.97 Å². The second-order valence-electron chi connectivity index (χ2n) is 5.07. The average Bonchev–Trinajstić information content (AvgIpc) is 2.34. The molecule has 0 bridgehead atoms. The van der Waals surface area contributed by atoms with E-state index in [-0.39, 0.29) is 0 Å². The van der Waals surface area contributed by atoms with Gasteiger partial charge in [0.2, 0.25) is 0 Å². The van der Waals surface area contributed by atoms with Crippen molar-refractivity contribution < 1.29 is 9.90 Å². The second kappa shape index (κ2) is 7.88. The van der Waals surface area contributed by atoms with Gasteiger partial charge in [0.25, 0.3) is 0 Å². The van der Waals surface area contributed by atoms with E-state index in [1.165, 1.54) is 5.56 Å². The van der Waals surface area contributed by atoms with Crippen molar-refractivity contribution in [2.24, 2.45) is 5.92 Å². The van der Waals surface area contributed by atoms with Gasteiger partial charge in [-0.1, -0.05) is 44.2 Å². The van der Waals surface area contributed by atoms with Crippen LogP contribution in [0.25, 0.3) is 0 Å². The monoisotopic (exact) mass is 249 g/mol. The van der Waals surface area contributed by atoms with Crippen molar-refractivity contribution in [1.29, 1.82) is 0 Å². The fourth-order valence-electron chi connectivity index (χ4n) is 1.85. The Hall–Kier alpha value is -1.35. The van der Waals surface area contributed by atoms with Crippen LogP contribution in [0.4, 0.5) is 0 Å². The molecule has 1 aromatic rings. The summed E-state index contributed by atoms with van der Waals surface area (Å²) in [5.74, 6) is -0.273. The summed E-state index contributed by atoms with van der Waals surface area (Å²) in [7, 11) is 0. The molecule has 0 spiro atoms. The van der Waals surface area contributed by atoms with Crippen LogP contribution in [0.15, 0.2) is 30.3 Å². The number of hydrogen-bond donors (Lipinski definition) is 2. The van der Waals surface area contributed by atoms with Crippen LogP contribution >= 0.6 is 0 Å². The largest absolute Gasteiger partial charge is 0.480 e. The summed E-state index contributed by atoms with van der Waals surface area (Å²) < 4.78 is 0. The summed E-state index contributed by atoms with van der Waals surface area (Å²) in [5.41, 5.74) is 1.27. The minimum atomic E-state index is -0.747. The molecule has 0 saturated carbocycles. The zero-order valence-electron chi connectivity index (χ0n) is 11.2. The SMILES string of the molecule is CC(C)CNC(CCCc1ccccc1)C(=O)O. The lowest BCUT2D eigenvalue weighted by Crippen LogP contribution is -2.38. The first-order chi connectivity index (χ1) is 8.59. The minimum absolute atomic E-state index is 0.420. The molecule has 0 heterocycles. The van der Waals surface area contributed by atoms with E-state index < -0.39 is 12.0 Å². The lowest BCUT2D eigenvalue weighted by molar-refractivity contribution is -0.139. The third-order valence-electron chi connectivity index (χ3n) is 2.87. The number of aliphatic carboxylic acids is 1. The molecule has 18 heavy (non-hydrogen) atoms. The topological polar surface area (TPSA) is 49.3 Å². The minimum Gasteiger partial charge on any atom is -0.480 e. The highest BCUT2D eigenvalue weighted by atomic mass is 16.4. The van der Waals surface area contributed by atoms with Crippen molar-refractivity contribution in [2.75, 3.05) is 6.54 Å². The van der Waals surface area contributed by atoms with Crippen molar-refractivity contribution in [2.45, 2.75) is 39.2 Å². The Balaban J connectivity index is 2.31. The van der Waals surface area contributed by atoms with Crippen LogP contribution in [0.1, 0.15) is 32.3 Å². The Morgan fingerprint density at radius 2 is 1.94 bits per heavy atom. The van der Waals surface area contributed by atoms with E-state index in [4.69, 9.17) is 5.11 Å². The van der Waals surface area contributed by atoms with Gasteiger partial charge in [-0.05, 0) is 37.3 Å². The van der Waals surface area contributed by atoms with Crippen LogP contribution in [0, 0.1) is 5.92 Å². The van der Waals surface area contributed by atoms with Crippen molar-refractivity contribution in [3.05, 3.63) is 35.9 Å². The Bertz CT molecular complexity index is 349. The van der Waals surface area contributed by atoms with Crippen LogP contribution < -0.4 is 5.32 Å². The normalized spacial score (nSPS) is 12.6. The van der Waals surface area contributed by atoms with Crippen LogP contribution in [-0.2, 0) is 11.2 Å². The maximum absolute atomic E-state index is 11.1. The van der Waals surface area contributed by atoms with E-state index >= 15 is 0 Å². The van der Waals surface area contributed by atoms with E-state index in [2.05, 4.69) is 31.3 Å². The number of hydrogen-bond acceptors (Lipinski definition) is 2. The number of carboxylic acids is 1. The van der Waals surface area contributed by atoms with Gasteiger partial charge in [0.05, 0.1) is 0 Å². The third kappa shape index (κ3) is 5.82. The van der Waals surface area contributed by atoms with Crippen molar-refractivity contribution in [3.8, 4) is 0 Å². The van der Waals surface area contributed by atoms with E-state index in [1.54, 1.807) is 0 Å². The van der Waals surface area contributed by atoms with Gasteiger partial charge in [-0.2, -0.15) is 0 Å². The molecule has 1 atom stereocenters. The van der Waals surface area contributed by atoms with Crippen molar-refractivity contribution in [1.82, 2.24) is 5.32 Å². The Morgan fingerprint density at radius 1 is 1.28 bits per heavy atom. The van der Waals surface area contributed by atoms with E-state index in [1.807, 2.05) is 18.2 Å². The second-order valence-corrected chi connectivity index (χ2v) is 5.07. The van der Waals surface area contributed by atoms with Gasteiger partial charge in [0, 0.05) is 0 Å². The smallest absolute Gasteiger partial charge is 0.320 e. The van der Waals surface area contributed by atoms with Gasteiger partial charge in [0.1, 0.15) is 6.04 Å². The summed E-state index contributed by atoms with van der Waals surface area (Å²) in [6.45, 7) is 4.91. The number of benzene rings is 1. The first-order valence-corrected chi connectivity index (χ1v) is 6.59. The van der Waals surface area contributed by atoms with Gasteiger partial charge in [0.15, 0.2) is 0 Å². The molecule has 0 saturated heterocycles. The lowest BCUT2D eigenvalue weighted by Gasteiger charge is -2.15. The van der Waals surface area contributed by atoms with Crippen LogP contribution in [0.3, 0.4) is 0 Å². The molecule has 0 fully saturated rings. The van der Waals surface area contributed by atoms with Crippen LogP contribution in [-0.4, -0.2) is 23.7 Å². The zero-order chi connectivity index (χ0) is 13.4. The molecule has 1 unspecified atom stereocenters. The number of nitrogens with one attached hydrogen (secondary N) is 1. The van der Waals surface area contributed by atoms with Gasteiger partial charge in [-0.15, -0.1) is 0 Å². The van der Waals surface area contributed by atoms with E-state index in [0.717, 1.165) is 19.4 Å². The summed E-state index contributed by atoms with van der Waals surface area (Å²) in [6.07, 6.45) is 2.51.